The number of hydrogen-bond acceptors (Lipinski definition) is 4. The minimum atomic E-state index is -2.81. The second kappa shape index (κ2) is 9.81. The Bertz CT molecular complexity index is 908. The van der Waals surface area contributed by atoms with Crippen molar-refractivity contribution in [2.45, 2.75) is 71.1 Å². The van der Waals surface area contributed by atoms with Crippen LogP contribution in [0.5, 0.6) is 0 Å². The minimum Gasteiger partial charge on any atom is -0.444 e. The Balaban J connectivity index is 2.01. The number of amides is 1. The van der Waals surface area contributed by atoms with Crippen LogP contribution in [0.4, 0.5) is 4.79 Å². The number of carbonyl (C=O) groups excluding carboxylic acids is 2. The topological polar surface area (TPSA) is 55.8 Å². The highest BCUT2D eigenvalue weighted by Crippen LogP contribution is 2.37. The van der Waals surface area contributed by atoms with Crippen molar-refractivity contribution >= 4 is 30.6 Å². The lowest BCUT2D eigenvalue weighted by atomic mass is 10.0. The van der Waals surface area contributed by atoms with Gasteiger partial charge in [0, 0.05) is 13.0 Å². The third-order valence-electron chi connectivity index (χ3n) is 6.07. The summed E-state index contributed by atoms with van der Waals surface area (Å²) >= 11 is 0. The van der Waals surface area contributed by atoms with Gasteiger partial charge in [0.05, 0.1) is 6.61 Å². The van der Waals surface area contributed by atoms with Crippen molar-refractivity contribution in [2.24, 2.45) is 0 Å². The number of ketones is 1. The third kappa shape index (κ3) is 5.56. The quantitative estimate of drug-likeness (QED) is 0.606. The number of carbonyl (C=O) groups is 2. The van der Waals surface area contributed by atoms with Gasteiger partial charge in [0.25, 0.3) is 8.32 Å². The molecule has 0 spiro atoms. The van der Waals surface area contributed by atoms with E-state index in [2.05, 4.69) is 45.0 Å². The molecule has 1 saturated heterocycles. The van der Waals surface area contributed by atoms with Crippen molar-refractivity contribution in [3.8, 4) is 0 Å². The Labute approximate surface area is 199 Å². The maximum atomic E-state index is 13.0. The molecule has 0 radical (unpaired) electrons. The van der Waals surface area contributed by atoms with Gasteiger partial charge in [0.2, 0.25) is 0 Å². The summed E-state index contributed by atoms with van der Waals surface area (Å²) in [6.07, 6.45) is 0.647. The van der Waals surface area contributed by atoms with E-state index in [1.165, 1.54) is 0 Å². The van der Waals surface area contributed by atoms with Gasteiger partial charge in [-0.2, -0.15) is 0 Å². The molecule has 0 unspecified atom stereocenters. The van der Waals surface area contributed by atoms with Gasteiger partial charge in [0.1, 0.15) is 11.6 Å². The van der Waals surface area contributed by atoms with Gasteiger partial charge in [-0.15, -0.1) is 0 Å². The number of hydrogen-bond donors (Lipinski definition) is 0. The Morgan fingerprint density at radius 1 is 0.939 bits per heavy atom. The van der Waals surface area contributed by atoms with Crippen LogP contribution in [0.1, 0.15) is 54.4 Å². The van der Waals surface area contributed by atoms with Crippen molar-refractivity contribution in [3.63, 3.8) is 0 Å². The summed E-state index contributed by atoms with van der Waals surface area (Å²) in [6.45, 7) is 12.8. The van der Waals surface area contributed by atoms with E-state index < -0.39 is 26.1 Å². The van der Waals surface area contributed by atoms with Crippen molar-refractivity contribution in [1.82, 2.24) is 4.90 Å². The van der Waals surface area contributed by atoms with E-state index >= 15 is 0 Å². The fourth-order valence-electron chi connectivity index (χ4n) is 4.61. The van der Waals surface area contributed by atoms with Crippen LogP contribution in [0, 0.1) is 0 Å². The molecule has 0 aliphatic carbocycles. The van der Waals surface area contributed by atoms with Gasteiger partial charge in [0.15, 0.2) is 5.78 Å². The van der Waals surface area contributed by atoms with Crippen LogP contribution in [0.2, 0.25) is 5.04 Å². The van der Waals surface area contributed by atoms with E-state index in [-0.39, 0.29) is 17.4 Å². The molecule has 0 saturated carbocycles. The second-order valence-corrected chi connectivity index (χ2v) is 15.0. The van der Waals surface area contributed by atoms with Crippen LogP contribution in [0.25, 0.3) is 0 Å². The fourth-order valence-corrected chi connectivity index (χ4v) is 9.17. The van der Waals surface area contributed by atoms with E-state index in [9.17, 15) is 9.59 Å². The van der Waals surface area contributed by atoms with Crippen LogP contribution in [-0.2, 0) is 14.0 Å². The van der Waals surface area contributed by atoms with Gasteiger partial charge >= 0.3 is 6.09 Å². The van der Waals surface area contributed by atoms with E-state index in [1.54, 1.807) is 4.90 Å². The monoisotopic (exact) mass is 467 g/mol. The SMILES string of the molecule is CC(C)(C)OC(=O)N1CCCC(=O)[C@@H]1CO[Si](c1ccccc1)(c1ccccc1)C(C)(C)C. The zero-order valence-electron chi connectivity index (χ0n) is 20.8. The number of benzene rings is 2. The first-order valence-electron chi connectivity index (χ1n) is 11.7. The molecule has 1 heterocycles. The highest BCUT2D eigenvalue weighted by atomic mass is 28.4. The number of rotatable bonds is 5. The molecule has 6 heteroatoms. The fraction of sp³-hybridized carbons (Fsp3) is 0.481. The predicted octanol–water partition coefficient (Wildman–Crippen LogP) is 4.53. The summed E-state index contributed by atoms with van der Waals surface area (Å²) in [5, 5.41) is 2.09. The molecular weight excluding hydrogens is 430 g/mol. The summed E-state index contributed by atoms with van der Waals surface area (Å²) in [6, 6.07) is 20.0. The van der Waals surface area contributed by atoms with E-state index in [0.717, 1.165) is 10.4 Å². The molecule has 0 N–H and O–H groups in total. The standard InChI is InChI=1S/C27H37NO4Si/c1-26(2,3)32-25(30)28-19-13-18-24(29)23(28)20-31-33(27(4,5)6,21-14-9-7-10-15-21)22-16-11-8-12-17-22/h7-12,14-17,23H,13,18-20H2,1-6H3/t23-/m0/s1. The van der Waals surface area contributed by atoms with Crippen LogP contribution in [-0.4, -0.2) is 49.9 Å². The molecule has 1 amide bonds. The van der Waals surface area contributed by atoms with Crippen molar-refractivity contribution in [3.05, 3.63) is 60.7 Å². The molecule has 2 aromatic carbocycles. The second-order valence-electron chi connectivity index (χ2n) is 10.7. The van der Waals surface area contributed by atoms with Crippen molar-refractivity contribution in [2.75, 3.05) is 13.2 Å². The maximum Gasteiger partial charge on any atom is 0.410 e. The smallest absolute Gasteiger partial charge is 0.410 e. The molecular formula is C27H37NO4Si. The van der Waals surface area contributed by atoms with Gasteiger partial charge < -0.3 is 9.16 Å². The Hall–Kier alpha value is -2.44. The Morgan fingerprint density at radius 2 is 1.45 bits per heavy atom. The average molecular weight is 468 g/mol. The Kier molecular flexibility index (Phi) is 7.49. The van der Waals surface area contributed by atoms with Crippen LogP contribution >= 0.6 is 0 Å². The summed E-state index contributed by atoms with van der Waals surface area (Å²) in [5.41, 5.74) is -0.624. The number of piperidine rings is 1. The lowest BCUT2D eigenvalue weighted by molar-refractivity contribution is -0.128. The maximum absolute atomic E-state index is 13.0. The summed E-state index contributed by atoms with van der Waals surface area (Å²) in [5.74, 6) is 0.0324. The number of Topliss-reactive ketones (excluding diaryl/α,β-unsaturated/α-hetero) is 1. The number of likely N-dealkylation sites (tertiary alicyclic amines) is 1. The predicted molar refractivity (Wildman–Crippen MR) is 135 cm³/mol. The molecule has 5 nitrogen and oxygen atoms in total. The molecule has 0 aromatic heterocycles. The van der Waals surface area contributed by atoms with E-state index in [1.807, 2.05) is 57.2 Å². The van der Waals surface area contributed by atoms with Crippen LogP contribution < -0.4 is 10.4 Å². The van der Waals surface area contributed by atoms with E-state index in [0.29, 0.717) is 19.4 Å². The molecule has 1 aliphatic heterocycles. The van der Waals surface area contributed by atoms with Crippen molar-refractivity contribution in [1.29, 1.82) is 0 Å². The zero-order chi connectivity index (χ0) is 24.3. The molecule has 2 aromatic rings. The summed E-state index contributed by atoms with van der Waals surface area (Å²) < 4.78 is 12.6. The molecule has 3 rings (SSSR count). The van der Waals surface area contributed by atoms with Crippen LogP contribution in [0.3, 0.4) is 0 Å². The average Bonchev–Trinajstić information content (AvgIpc) is 2.74. The zero-order valence-corrected chi connectivity index (χ0v) is 21.8. The first kappa shape index (κ1) is 25.2. The van der Waals surface area contributed by atoms with Gasteiger partial charge in [-0.1, -0.05) is 81.4 Å². The lowest BCUT2D eigenvalue weighted by Gasteiger charge is -2.45. The van der Waals surface area contributed by atoms with Gasteiger partial charge in [-0.25, -0.2) is 4.79 Å². The molecule has 178 valence electrons. The molecule has 1 fully saturated rings. The van der Waals surface area contributed by atoms with Gasteiger partial charge in [-0.3, -0.25) is 9.69 Å². The normalized spacial score (nSPS) is 17.7. The number of ether oxygens (including phenoxy) is 1. The third-order valence-corrected chi connectivity index (χ3v) is 11.1. The number of nitrogens with zero attached hydrogens (tertiary/aromatic N) is 1. The molecule has 33 heavy (non-hydrogen) atoms. The first-order valence-corrected chi connectivity index (χ1v) is 13.6. The molecule has 1 atom stereocenters. The largest absolute Gasteiger partial charge is 0.444 e. The summed E-state index contributed by atoms with van der Waals surface area (Å²) in [4.78, 5) is 27.5. The van der Waals surface area contributed by atoms with Crippen LogP contribution in [0.15, 0.2) is 60.7 Å². The van der Waals surface area contributed by atoms with Gasteiger partial charge in [-0.05, 0) is 42.6 Å². The molecule has 1 aliphatic rings. The lowest BCUT2D eigenvalue weighted by Crippen LogP contribution is -2.68. The van der Waals surface area contributed by atoms with Crippen molar-refractivity contribution < 1.29 is 18.8 Å². The highest BCUT2D eigenvalue weighted by Gasteiger charge is 2.51. The molecule has 0 bridgehead atoms. The summed E-state index contributed by atoms with van der Waals surface area (Å²) in [7, 11) is -2.81. The Morgan fingerprint density at radius 3 is 1.91 bits per heavy atom. The van der Waals surface area contributed by atoms with E-state index in [4.69, 9.17) is 9.16 Å². The highest BCUT2D eigenvalue weighted by molar-refractivity contribution is 6.99. The first-order chi connectivity index (χ1) is 15.5. The minimum absolute atomic E-state index is 0.0324.